The van der Waals surface area contributed by atoms with Gasteiger partial charge in [0, 0.05) is 13.0 Å². The van der Waals surface area contributed by atoms with E-state index in [4.69, 9.17) is 4.74 Å². The second kappa shape index (κ2) is 13.9. The van der Waals surface area contributed by atoms with Crippen LogP contribution in [0.5, 0.6) is 0 Å². The van der Waals surface area contributed by atoms with E-state index in [0.29, 0.717) is 32.2 Å². The lowest BCUT2D eigenvalue weighted by molar-refractivity contribution is -0.150. The van der Waals surface area contributed by atoms with E-state index < -0.39 is 12.0 Å². The van der Waals surface area contributed by atoms with Gasteiger partial charge in [0.05, 0.1) is 30.5 Å². The Labute approximate surface area is 224 Å². The quantitative estimate of drug-likeness (QED) is 0.432. The van der Waals surface area contributed by atoms with E-state index in [2.05, 4.69) is 5.32 Å². The Morgan fingerprint density at radius 2 is 1.55 bits per heavy atom. The summed E-state index contributed by atoms with van der Waals surface area (Å²) in [4.78, 5) is 41.3. The van der Waals surface area contributed by atoms with Crippen LogP contribution in [-0.2, 0) is 32.0 Å². The maximum Gasteiger partial charge on any atom is 0.309 e. The maximum absolute atomic E-state index is 13.4. The molecule has 1 fully saturated rings. The van der Waals surface area contributed by atoms with Crippen LogP contribution in [0.3, 0.4) is 0 Å². The Morgan fingerprint density at radius 1 is 0.921 bits per heavy atom. The molecule has 2 aliphatic heterocycles. The summed E-state index contributed by atoms with van der Waals surface area (Å²) in [6, 6.07) is 19.1. The minimum Gasteiger partial charge on any atom is -0.463 e. The fourth-order valence-corrected chi connectivity index (χ4v) is 5.32. The molecule has 0 spiro atoms. The van der Waals surface area contributed by atoms with Gasteiger partial charge in [0.2, 0.25) is 11.8 Å². The van der Waals surface area contributed by atoms with Crippen LogP contribution in [0.2, 0.25) is 0 Å². The van der Waals surface area contributed by atoms with Crippen molar-refractivity contribution in [1.29, 1.82) is 0 Å². The van der Waals surface area contributed by atoms with E-state index in [1.165, 1.54) is 0 Å². The van der Waals surface area contributed by atoms with Crippen LogP contribution in [0.15, 0.2) is 72.8 Å². The molecule has 7 heteroatoms. The Kier molecular flexibility index (Phi) is 10.1. The number of ether oxygens (including phenoxy) is 1. The van der Waals surface area contributed by atoms with Crippen molar-refractivity contribution in [2.45, 2.75) is 57.0 Å². The van der Waals surface area contributed by atoms with E-state index >= 15 is 0 Å². The molecule has 0 radical (unpaired) electrons. The second-order valence-corrected chi connectivity index (χ2v) is 10.3. The summed E-state index contributed by atoms with van der Waals surface area (Å²) in [5.41, 5.74) is 2.09. The number of esters is 1. The molecular formula is C31H38N2O5. The van der Waals surface area contributed by atoms with Crippen LogP contribution < -0.4 is 5.32 Å². The molecule has 4 unspecified atom stereocenters. The number of hydrogen-bond donors (Lipinski definition) is 2. The molecule has 1 saturated heterocycles. The first-order valence-corrected chi connectivity index (χ1v) is 13.6. The molecule has 0 aromatic heterocycles. The number of benzene rings is 2. The first-order chi connectivity index (χ1) is 18.5. The van der Waals surface area contributed by atoms with Crippen molar-refractivity contribution in [1.82, 2.24) is 10.2 Å². The highest BCUT2D eigenvalue weighted by Crippen LogP contribution is 2.22. The molecule has 2 heterocycles. The number of amides is 2. The van der Waals surface area contributed by atoms with Crippen molar-refractivity contribution >= 4 is 17.8 Å². The highest BCUT2D eigenvalue weighted by molar-refractivity contribution is 5.86. The zero-order valence-electron chi connectivity index (χ0n) is 21.8. The summed E-state index contributed by atoms with van der Waals surface area (Å²) in [5.74, 6) is -1.48. The average Bonchev–Trinajstić information content (AvgIpc) is 3.42. The summed E-state index contributed by atoms with van der Waals surface area (Å²) in [5, 5.41) is 12.7. The molecule has 202 valence electrons. The standard InChI is InChI=1S/C31H38N2O5/c34-21-28-16-9-17-33(28)29(35)20-25-14-7-8-15-26(18-23-10-3-1-4-11-23)31(37)38-22-27(32-30(25)36)19-24-12-5-2-6-13-24/h1-8,10-13,25-28,34H,9,14-22H2,(H,32,36). The number of aliphatic hydroxyl groups is 1. The van der Waals surface area contributed by atoms with Crippen molar-refractivity contribution in [3.8, 4) is 0 Å². The number of hydrogen-bond acceptors (Lipinski definition) is 5. The molecule has 2 aliphatic rings. The molecule has 4 atom stereocenters. The van der Waals surface area contributed by atoms with Gasteiger partial charge in [-0.3, -0.25) is 14.4 Å². The van der Waals surface area contributed by atoms with Crippen molar-refractivity contribution < 1.29 is 24.2 Å². The third-order valence-electron chi connectivity index (χ3n) is 7.46. The molecular weight excluding hydrogens is 480 g/mol. The van der Waals surface area contributed by atoms with E-state index in [1.807, 2.05) is 72.8 Å². The number of carbonyl (C=O) groups excluding carboxylic acids is 3. The molecule has 2 amide bonds. The van der Waals surface area contributed by atoms with Crippen LogP contribution in [0, 0.1) is 11.8 Å². The Balaban J connectivity index is 1.52. The van der Waals surface area contributed by atoms with Gasteiger partial charge in [-0.15, -0.1) is 0 Å². The van der Waals surface area contributed by atoms with Crippen LogP contribution in [-0.4, -0.2) is 59.6 Å². The number of nitrogens with one attached hydrogen (secondary N) is 1. The Hall–Kier alpha value is -3.45. The normalized spacial score (nSPS) is 24.7. The Morgan fingerprint density at radius 3 is 2.21 bits per heavy atom. The van der Waals surface area contributed by atoms with Crippen molar-refractivity contribution in [2.75, 3.05) is 19.8 Å². The van der Waals surface area contributed by atoms with Crippen molar-refractivity contribution in [3.05, 3.63) is 83.9 Å². The van der Waals surface area contributed by atoms with Gasteiger partial charge in [-0.2, -0.15) is 0 Å². The van der Waals surface area contributed by atoms with E-state index in [0.717, 1.165) is 24.0 Å². The molecule has 2 aromatic rings. The molecule has 2 N–H and O–H groups in total. The van der Waals surface area contributed by atoms with Gasteiger partial charge in [0.25, 0.3) is 0 Å². The van der Waals surface area contributed by atoms with E-state index in [1.54, 1.807) is 4.90 Å². The summed E-state index contributed by atoms with van der Waals surface area (Å²) < 4.78 is 5.77. The minimum atomic E-state index is -0.542. The lowest BCUT2D eigenvalue weighted by Crippen LogP contribution is -2.45. The summed E-state index contributed by atoms with van der Waals surface area (Å²) >= 11 is 0. The number of cyclic esters (lactones) is 1. The highest BCUT2D eigenvalue weighted by atomic mass is 16.5. The van der Waals surface area contributed by atoms with Gasteiger partial charge in [-0.1, -0.05) is 72.8 Å². The van der Waals surface area contributed by atoms with Gasteiger partial charge in [-0.25, -0.2) is 0 Å². The fraction of sp³-hybridized carbons (Fsp3) is 0.452. The van der Waals surface area contributed by atoms with Crippen molar-refractivity contribution in [2.24, 2.45) is 11.8 Å². The third kappa shape index (κ3) is 7.78. The second-order valence-electron chi connectivity index (χ2n) is 10.3. The summed E-state index contributed by atoms with van der Waals surface area (Å²) in [7, 11) is 0. The molecule has 0 bridgehead atoms. The molecule has 2 aromatic carbocycles. The van der Waals surface area contributed by atoms with Gasteiger partial charge in [0.15, 0.2) is 0 Å². The first kappa shape index (κ1) is 27.6. The molecule has 4 rings (SSSR count). The average molecular weight is 519 g/mol. The van der Waals surface area contributed by atoms with Crippen molar-refractivity contribution in [3.63, 3.8) is 0 Å². The lowest BCUT2D eigenvalue weighted by atomic mass is 9.94. The number of carbonyl (C=O) groups is 3. The highest BCUT2D eigenvalue weighted by Gasteiger charge is 2.32. The van der Waals surface area contributed by atoms with E-state index in [-0.39, 0.29) is 49.4 Å². The minimum absolute atomic E-state index is 0.0597. The Bertz CT molecular complexity index is 1090. The van der Waals surface area contributed by atoms with E-state index in [9.17, 15) is 19.5 Å². The third-order valence-corrected chi connectivity index (χ3v) is 7.46. The zero-order valence-corrected chi connectivity index (χ0v) is 21.8. The first-order valence-electron chi connectivity index (χ1n) is 13.6. The van der Waals surface area contributed by atoms with Crippen LogP contribution in [0.4, 0.5) is 0 Å². The zero-order chi connectivity index (χ0) is 26.7. The molecule has 0 aliphatic carbocycles. The molecule has 7 nitrogen and oxygen atoms in total. The number of aliphatic hydroxyl groups excluding tert-OH is 1. The molecule has 38 heavy (non-hydrogen) atoms. The van der Waals surface area contributed by atoms with Gasteiger partial charge >= 0.3 is 5.97 Å². The predicted octanol–water partition coefficient (Wildman–Crippen LogP) is 3.46. The van der Waals surface area contributed by atoms with Crippen LogP contribution in [0.1, 0.15) is 43.2 Å². The number of nitrogens with zero attached hydrogens (tertiary/aromatic N) is 1. The largest absolute Gasteiger partial charge is 0.463 e. The summed E-state index contributed by atoms with van der Waals surface area (Å²) in [6.45, 7) is 0.617. The lowest BCUT2D eigenvalue weighted by Gasteiger charge is -2.27. The van der Waals surface area contributed by atoms with Crippen LogP contribution in [0.25, 0.3) is 0 Å². The SMILES string of the molecule is O=C1NC(Cc2ccccc2)COC(=O)C(Cc2ccccc2)CC=CCC1CC(=O)N1CCCC1CO. The number of allylic oxidation sites excluding steroid dienone is 2. The predicted molar refractivity (Wildman–Crippen MR) is 145 cm³/mol. The van der Waals surface area contributed by atoms with Gasteiger partial charge < -0.3 is 20.1 Å². The molecule has 0 saturated carbocycles. The number of likely N-dealkylation sites (tertiary alicyclic amines) is 1. The maximum atomic E-state index is 13.4. The monoisotopic (exact) mass is 518 g/mol. The topological polar surface area (TPSA) is 95.9 Å². The van der Waals surface area contributed by atoms with Gasteiger partial charge in [-0.05, 0) is 49.7 Å². The summed E-state index contributed by atoms with van der Waals surface area (Å²) in [6.07, 6.45) is 7.54. The van der Waals surface area contributed by atoms with Crippen LogP contribution >= 0.6 is 0 Å². The van der Waals surface area contributed by atoms with Gasteiger partial charge in [0.1, 0.15) is 6.61 Å². The fourth-order valence-electron chi connectivity index (χ4n) is 5.32. The smallest absolute Gasteiger partial charge is 0.309 e. The number of rotatable bonds is 7.